The molecule has 0 spiro atoms. The molecule has 0 aliphatic heterocycles. The first-order chi connectivity index (χ1) is 6.25. The third-order valence-corrected chi connectivity index (χ3v) is 8.05. The van der Waals surface area contributed by atoms with Gasteiger partial charge in [-0.15, -0.1) is 0 Å². The van der Waals surface area contributed by atoms with Crippen LogP contribution < -0.4 is 0 Å². The molecule has 0 rings (SSSR count). The normalized spacial score (nSPS) is 10.4. The van der Waals surface area contributed by atoms with Crippen molar-refractivity contribution in [2.24, 2.45) is 0 Å². The van der Waals surface area contributed by atoms with Crippen molar-refractivity contribution in [2.45, 2.75) is 52.4 Å². The summed E-state index contributed by atoms with van der Waals surface area (Å²) in [5.74, 6) is 0. The van der Waals surface area contributed by atoms with Crippen LogP contribution in [-0.4, -0.2) is 35.8 Å². The van der Waals surface area contributed by atoms with Crippen LogP contribution in [0.3, 0.4) is 0 Å². The predicted octanol–water partition coefficient (Wildman–Crippen LogP) is 3.72. The van der Waals surface area contributed by atoms with Gasteiger partial charge in [0.25, 0.3) is 0 Å². The Balaban J connectivity index is -0.000000180. The van der Waals surface area contributed by atoms with E-state index in [1.807, 2.05) is 0 Å². The van der Waals surface area contributed by atoms with Crippen molar-refractivity contribution in [3.8, 4) is 0 Å². The number of rotatable bonds is 4. The van der Waals surface area contributed by atoms with Crippen LogP contribution in [0.15, 0.2) is 0 Å². The van der Waals surface area contributed by atoms with E-state index in [9.17, 15) is 0 Å². The van der Waals surface area contributed by atoms with Gasteiger partial charge >= 0.3 is 0 Å². The Labute approximate surface area is 136 Å². The van der Waals surface area contributed by atoms with E-state index in [1.165, 1.54) is 0 Å². The first-order valence-electron chi connectivity index (χ1n) is 4.89. The maximum Gasteiger partial charge on any atom is 0 e. The van der Waals surface area contributed by atoms with Gasteiger partial charge in [-0.3, -0.25) is 0 Å². The summed E-state index contributed by atoms with van der Waals surface area (Å²) in [4.78, 5) is 0. The molecular weight excluding hydrogens is 387 g/mol. The number of nitrogens with zero attached hydrogens (tertiary/aromatic N) is 2. The second-order valence-corrected chi connectivity index (χ2v) is 13.4. The first kappa shape index (κ1) is 22.3. The van der Waals surface area contributed by atoms with Gasteiger partial charge in [-0.25, -0.2) is 0 Å². The van der Waals surface area contributed by atoms with E-state index in [0.717, 1.165) is 0 Å². The van der Waals surface area contributed by atoms with E-state index in [1.54, 1.807) is 0 Å². The predicted molar refractivity (Wildman–Crippen MR) is 76.6 cm³/mol. The quantitative estimate of drug-likeness (QED) is 0.632. The zero-order valence-corrected chi connectivity index (χ0v) is 17.9. The average Bonchev–Trinajstić information content (AvgIpc) is 1.79. The first-order valence-corrected chi connectivity index (χ1v) is 14.7. The van der Waals surface area contributed by atoms with Crippen LogP contribution >= 0.6 is 0 Å². The minimum Gasteiger partial charge on any atom is -0.673 e. The molecule has 2 nitrogen and oxygen atoms in total. The van der Waals surface area contributed by atoms with Gasteiger partial charge in [0.15, 0.2) is 0 Å². The summed E-state index contributed by atoms with van der Waals surface area (Å²) in [5, 5.41) is 0. The van der Waals surface area contributed by atoms with E-state index in [0.29, 0.717) is 0 Å². The molecule has 0 unspecified atom stereocenters. The third-order valence-electron chi connectivity index (χ3n) is 0.894. The monoisotopic (exact) mass is 412 g/mol. The van der Waals surface area contributed by atoms with Gasteiger partial charge in [0.05, 0.1) is 0 Å². The Kier molecular flexibility index (Phi) is 21.1. The van der Waals surface area contributed by atoms with Crippen LogP contribution in [0, 0.1) is 40.4 Å². The summed E-state index contributed by atoms with van der Waals surface area (Å²) in [6, 6.07) is 0. The van der Waals surface area contributed by atoms with Crippen LogP contribution in [0.2, 0.25) is 52.4 Å². The van der Waals surface area contributed by atoms with Gasteiger partial charge in [0.2, 0.25) is 0 Å². The molecule has 0 heterocycles. The molecule has 0 fully saturated rings. The van der Waals surface area contributed by atoms with Gasteiger partial charge in [-0.1, -0.05) is 88.2 Å². The third kappa shape index (κ3) is 31.4. The van der Waals surface area contributed by atoms with Crippen molar-refractivity contribution >= 4 is 35.8 Å². The Morgan fingerprint density at radius 1 is 0.467 bits per heavy atom. The summed E-state index contributed by atoms with van der Waals surface area (Å²) in [6.07, 6.45) is 0. The topological polar surface area (TPSA) is 28.2 Å². The summed E-state index contributed by atoms with van der Waals surface area (Å²) in [7, 11) is -1.06. The van der Waals surface area contributed by atoms with E-state index in [-0.39, 0.29) is 76.2 Å². The number of hydrogen-bond donors (Lipinski definition) is 0. The maximum absolute atomic E-state index is 4.48. The van der Waals surface area contributed by atoms with Gasteiger partial charge in [-0.05, 0) is 0 Å². The van der Waals surface area contributed by atoms with Crippen molar-refractivity contribution in [1.82, 2.24) is 0 Å². The molecule has 90 valence electrons. The Morgan fingerprint density at radius 2 is 0.600 bits per heavy atom. The molecule has 0 N–H and O–H groups in total. The van der Waals surface area contributed by atoms with Gasteiger partial charge in [-0.2, -0.15) is 0 Å². The molecule has 0 aliphatic rings. The molecule has 15 heavy (non-hydrogen) atoms. The van der Waals surface area contributed by atoms with E-state index in [4.69, 9.17) is 0 Å². The Morgan fingerprint density at radius 3 is 0.600 bits per heavy atom. The molecule has 4 radical (unpaired) electrons. The minimum atomic E-state index is -0.264. The van der Waals surface area contributed by atoms with E-state index < -0.39 is 0 Å². The summed E-state index contributed by atoms with van der Waals surface area (Å²) < 4.78 is 8.96. The molecule has 7 heteroatoms. The second-order valence-electron chi connectivity index (χ2n) is 4.01. The molecule has 0 amide bonds. The molecule has 0 saturated carbocycles. The van der Waals surface area contributed by atoms with Crippen molar-refractivity contribution in [3.63, 3.8) is 0 Å². The van der Waals surface area contributed by atoms with Crippen molar-refractivity contribution in [3.05, 3.63) is 9.30 Å². The molecular formula is C8H24N2Si4Sm-2. The SMILES string of the molecule is C[Si](C)[N-][Si](C)C.C[Si](C)[N-][Si](C)C.[Sm]. The van der Waals surface area contributed by atoms with Crippen LogP contribution in [0.1, 0.15) is 0 Å². The Bertz CT molecular complexity index is 97.2. The van der Waals surface area contributed by atoms with Crippen molar-refractivity contribution in [2.75, 3.05) is 0 Å². The van der Waals surface area contributed by atoms with Crippen molar-refractivity contribution < 1.29 is 40.4 Å². The summed E-state index contributed by atoms with van der Waals surface area (Å²) in [6.45, 7) is 17.8. The van der Waals surface area contributed by atoms with Crippen LogP contribution in [0.25, 0.3) is 9.30 Å². The van der Waals surface area contributed by atoms with E-state index in [2.05, 4.69) is 61.7 Å². The average molecular weight is 411 g/mol. The Hall–Kier alpha value is 2.13. The van der Waals surface area contributed by atoms with Crippen LogP contribution in [-0.2, 0) is 0 Å². The maximum atomic E-state index is 4.48. The van der Waals surface area contributed by atoms with Crippen LogP contribution in [0.5, 0.6) is 0 Å². The fraction of sp³-hybridized carbons (Fsp3) is 1.00. The molecule has 0 aromatic heterocycles. The van der Waals surface area contributed by atoms with E-state index >= 15 is 0 Å². The fourth-order valence-corrected chi connectivity index (χ4v) is 8.05. The molecule has 0 aromatic rings. The van der Waals surface area contributed by atoms with Gasteiger partial charge in [0, 0.05) is 40.4 Å². The molecule has 0 aromatic carbocycles. The molecule has 0 saturated heterocycles. The number of hydrogen-bond acceptors (Lipinski definition) is 0. The standard InChI is InChI=1S/2C4H12NSi2.Sm/c2*1-6(2)5-7(3)4;/h2*1-4H3;/q2*-1;. The molecule has 0 atom stereocenters. The van der Waals surface area contributed by atoms with Crippen molar-refractivity contribution in [1.29, 1.82) is 0 Å². The molecule has 0 bridgehead atoms. The summed E-state index contributed by atoms with van der Waals surface area (Å²) in [5.41, 5.74) is 0. The van der Waals surface area contributed by atoms with Crippen LogP contribution in [0.4, 0.5) is 0 Å². The fourth-order valence-electron chi connectivity index (χ4n) is 0.894. The summed E-state index contributed by atoms with van der Waals surface area (Å²) >= 11 is 0. The van der Waals surface area contributed by atoms with Gasteiger partial charge in [0.1, 0.15) is 0 Å². The second kappa shape index (κ2) is 14.2. The minimum absolute atomic E-state index is 0. The zero-order valence-electron chi connectivity index (χ0n) is 11.3. The zero-order chi connectivity index (χ0) is 11.7. The van der Waals surface area contributed by atoms with Gasteiger partial charge < -0.3 is 9.30 Å². The largest absolute Gasteiger partial charge is 0.673 e. The smallest absolute Gasteiger partial charge is 0 e. The molecule has 0 aliphatic carbocycles.